The summed E-state index contributed by atoms with van der Waals surface area (Å²) in [5.41, 5.74) is 1.92. The summed E-state index contributed by atoms with van der Waals surface area (Å²) in [4.78, 5) is 13.9. The fraction of sp³-hybridized carbons (Fsp3) is 0.462. The molecule has 82 valence electrons. The first kappa shape index (κ1) is 11.8. The average Bonchev–Trinajstić information content (AvgIpc) is 2.44. The maximum absolute atomic E-state index is 12.0. The Morgan fingerprint density at radius 2 is 1.80 bits per heavy atom. The van der Waals surface area contributed by atoms with Crippen molar-refractivity contribution in [1.82, 2.24) is 4.90 Å². The van der Waals surface area contributed by atoms with Gasteiger partial charge < -0.3 is 4.90 Å². The summed E-state index contributed by atoms with van der Waals surface area (Å²) in [6, 6.07) is 7.84. The zero-order chi connectivity index (χ0) is 10.3. The molecule has 15 heavy (non-hydrogen) atoms. The Bertz CT molecular complexity index is 376. The van der Waals surface area contributed by atoms with Crippen LogP contribution in [0.4, 0.5) is 0 Å². The van der Waals surface area contributed by atoms with Gasteiger partial charge in [-0.05, 0) is 32.4 Å². The molecule has 0 aliphatic carbocycles. The van der Waals surface area contributed by atoms with Crippen molar-refractivity contribution in [2.45, 2.75) is 40.3 Å². The summed E-state index contributed by atoms with van der Waals surface area (Å²) in [6.07, 6.45) is 0. The van der Waals surface area contributed by atoms with Gasteiger partial charge in [0.25, 0.3) is 5.91 Å². The number of amides is 1. The molecule has 1 amide bonds. The Morgan fingerprint density at radius 1 is 1.20 bits per heavy atom. The van der Waals surface area contributed by atoms with Gasteiger partial charge in [-0.2, -0.15) is 0 Å². The third-order valence-corrected chi connectivity index (χ3v) is 2.63. The second-order valence-electron chi connectivity index (χ2n) is 4.72. The van der Waals surface area contributed by atoms with Crippen molar-refractivity contribution in [3.63, 3.8) is 0 Å². The van der Waals surface area contributed by atoms with E-state index in [1.54, 1.807) is 0 Å². The molecule has 0 fully saturated rings. The summed E-state index contributed by atoms with van der Waals surface area (Å²) in [7, 11) is 0. The summed E-state index contributed by atoms with van der Waals surface area (Å²) in [5, 5.41) is 0. The van der Waals surface area contributed by atoms with E-state index >= 15 is 0 Å². The molecule has 0 bridgehead atoms. The van der Waals surface area contributed by atoms with Gasteiger partial charge in [0.15, 0.2) is 0 Å². The number of hydrogen-bond donors (Lipinski definition) is 0. The Kier molecular flexibility index (Phi) is 2.89. The Labute approximate surface area is 91.9 Å². The van der Waals surface area contributed by atoms with Gasteiger partial charge in [-0.1, -0.05) is 25.6 Å². The Hall–Kier alpha value is -1.31. The number of fused-ring (bicyclic) bond motifs is 1. The summed E-state index contributed by atoms with van der Waals surface area (Å²) >= 11 is 0. The van der Waals surface area contributed by atoms with Crippen molar-refractivity contribution in [3.8, 4) is 0 Å². The third-order valence-electron chi connectivity index (χ3n) is 2.63. The second-order valence-corrected chi connectivity index (χ2v) is 4.72. The number of benzene rings is 1. The molecule has 2 heteroatoms. The molecule has 0 radical (unpaired) electrons. The molecule has 1 aliphatic rings. The lowest BCUT2D eigenvalue weighted by Crippen LogP contribution is -2.41. The molecule has 1 aromatic rings. The normalized spacial score (nSPS) is 14.9. The minimum absolute atomic E-state index is 0. The third kappa shape index (κ3) is 1.89. The lowest BCUT2D eigenvalue weighted by molar-refractivity contribution is 0.0609. The van der Waals surface area contributed by atoms with Gasteiger partial charge in [-0.15, -0.1) is 0 Å². The van der Waals surface area contributed by atoms with Crippen LogP contribution in [0.5, 0.6) is 0 Å². The fourth-order valence-corrected chi connectivity index (χ4v) is 1.80. The van der Waals surface area contributed by atoms with Crippen molar-refractivity contribution in [3.05, 3.63) is 35.4 Å². The molecule has 2 rings (SSSR count). The largest absolute Gasteiger partial charge is 0.329 e. The quantitative estimate of drug-likeness (QED) is 0.637. The molecule has 0 unspecified atom stereocenters. The zero-order valence-electron chi connectivity index (χ0n) is 8.87. The molecule has 0 aromatic heterocycles. The molecular weight excluding hydrogens is 186 g/mol. The van der Waals surface area contributed by atoms with E-state index in [4.69, 9.17) is 0 Å². The highest BCUT2D eigenvalue weighted by molar-refractivity contribution is 5.98. The van der Waals surface area contributed by atoms with Gasteiger partial charge >= 0.3 is 0 Å². The van der Waals surface area contributed by atoms with E-state index in [2.05, 4.69) is 20.8 Å². The van der Waals surface area contributed by atoms with Crippen LogP contribution in [0.25, 0.3) is 0 Å². The first-order valence-corrected chi connectivity index (χ1v) is 4.90. The molecule has 2 nitrogen and oxygen atoms in total. The van der Waals surface area contributed by atoms with Crippen LogP contribution in [0.15, 0.2) is 24.3 Å². The lowest BCUT2D eigenvalue weighted by atomic mass is 10.1. The minimum atomic E-state index is -0.0872. The minimum Gasteiger partial charge on any atom is -0.329 e. The number of carbonyl (C=O) groups is 1. The maximum atomic E-state index is 12.0. The molecule has 0 saturated carbocycles. The van der Waals surface area contributed by atoms with Crippen molar-refractivity contribution >= 4 is 5.91 Å². The van der Waals surface area contributed by atoms with Gasteiger partial charge in [0, 0.05) is 17.6 Å². The van der Waals surface area contributed by atoms with Gasteiger partial charge in [-0.25, -0.2) is 0 Å². The van der Waals surface area contributed by atoms with E-state index in [0.717, 1.165) is 17.7 Å². The molecule has 1 aromatic carbocycles. The monoisotopic (exact) mass is 205 g/mol. The highest BCUT2D eigenvalue weighted by atomic mass is 16.2. The predicted octanol–water partition coefficient (Wildman–Crippen LogP) is 3.08. The van der Waals surface area contributed by atoms with Crippen LogP contribution in [0.3, 0.4) is 0 Å². The highest BCUT2D eigenvalue weighted by Crippen LogP contribution is 2.28. The fourth-order valence-electron chi connectivity index (χ4n) is 1.80. The average molecular weight is 205 g/mol. The second kappa shape index (κ2) is 3.69. The van der Waals surface area contributed by atoms with Crippen LogP contribution < -0.4 is 0 Å². The SMILES string of the molecule is C.CC(C)(C)N1Cc2ccccc2C1=O. The van der Waals surface area contributed by atoms with Crippen molar-refractivity contribution in [2.24, 2.45) is 0 Å². The number of rotatable bonds is 0. The number of hydrogen-bond acceptors (Lipinski definition) is 1. The standard InChI is InChI=1S/C12H15NO.CH4/c1-12(2,3)13-8-9-6-4-5-7-10(9)11(13)14;/h4-7H,8H2,1-3H3;1H4. The highest BCUT2D eigenvalue weighted by Gasteiger charge is 2.33. The summed E-state index contributed by atoms with van der Waals surface area (Å²) in [5.74, 6) is 0.160. The van der Waals surface area contributed by atoms with Crippen LogP contribution in [-0.4, -0.2) is 16.3 Å². The molecule has 0 spiro atoms. The van der Waals surface area contributed by atoms with E-state index in [9.17, 15) is 4.79 Å². The molecular formula is C13H19NO. The molecule has 1 aliphatic heterocycles. The first-order valence-electron chi connectivity index (χ1n) is 4.90. The van der Waals surface area contributed by atoms with E-state index in [0.29, 0.717) is 0 Å². The molecule has 0 saturated heterocycles. The van der Waals surface area contributed by atoms with Crippen LogP contribution in [0.2, 0.25) is 0 Å². The number of nitrogens with zero attached hydrogens (tertiary/aromatic N) is 1. The summed E-state index contributed by atoms with van der Waals surface area (Å²) < 4.78 is 0. The molecule has 0 N–H and O–H groups in total. The van der Waals surface area contributed by atoms with E-state index in [-0.39, 0.29) is 18.9 Å². The van der Waals surface area contributed by atoms with Gasteiger partial charge in [0.2, 0.25) is 0 Å². The van der Waals surface area contributed by atoms with Crippen molar-refractivity contribution in [2.75, 3.05) is 0 Å². The first-order chi connectivity index (χ1) is 6.50. The zero-order valence-corrected chi connectivity index (χ0v) is 8.87. The molecule has 0 atom stereocenters. The van der Waals surface area contributed by atoms with E-state index in [1.807, 2.05) is 29.2 Å². The van der Waals surface area contributed by atoms with Crippen molar-refractivity contribution in [1.29, 1.82) is 0 Å². The van der Waals surface area contributed by atoms with Gasteiger partial charge in [0.05, 0.1) is 0 Å². The lowest BCUT2D eigenvalue weighted by Gasteiger charge is -2.31. The Balaban J connectivity index is 0.00000112. The Morgan fingerprint density at radius 3 is 2.33 bits per heavy atom. The van der Waals surface area contributed by atoms with Crippen molar-refractivity contribution < 1.29 is 4.79 Å². The van der Waals surface area contributed by atoms with E-state index < -0.39 is 0 Å². The topological polar surface area (TPSA) is 20.3 Å². The predicted molar refractivity (Wildman–Crippen MR) is 62.8 cm³/mol. The van der Waals surface area contributed by atoms with Gasteiger partial charge in [-0.3, -0.25) is 4.79 Å². The van der Waals surface area contributed by atoms with E-state index in [1.165, 1.54) is 0 Å². The maximum Gasteiger partial charge on any atom is 0.254 e. The number of carbonyl (C=O) groups excluding carboxylic acids is 1. The van der Waals surface area contributed by atoms with Gasteiger partial charge in [0.1, 0.15) is 0 Å². The van der Waals surface area contributed by atoms with Crippen LogP contribution in [-0.2, 0) is 6.54 Å². The van der Waals surface area contributed by atoms with Crippen LogP contribution in [0.1, 0.15) is 44.1 Å². The molecule has 1 heterocycles. The summed E-state index contributed by atoms with van der Waals surface area (Å²) in [6.45, 7) is 6.95. The van der Waals surface area contributed by atoms with Crippen LogP contribution in [0, 0.1) is 0 Å². The van der Waals surface area contributed by atoms with Crippen LogP contribution >= 0.6 is 0 Å². The smallest absolute Gasteiger partial charge is 0.254 e.